The van der Waals surface area contributed by atoms with E-state index < -0.39 is 0 Å². The largest absolute Gasteiger partial charge is 0.311 e. The Morgan fingerprint density at radius 1 is 1.05 bits per heavy atom. The SMILES string of the molecule is CN(CCC1CCN(C)C1)CCC1CN(C)CCN1. The number of hydrogen-bond acceptors (Lipinski definition) is 4. The third-order valence-corrected chi connectivity index (χ3v) is 4.73. The number of piperazine rings is 1. The summed E-state index contributed by atoms with van der Waals surface area (Å²) in [5.41, 5.74) is 0. The Morgan fingerprint density at radius 2 is 1.79 bits per heavy atom. The summed E-state index contributed by atoms with van der Waals surface area (Å²) in [7, 11) is 6.76. The second-order valence-electron chi connectivity index (χ2n) is 6.71. The minimum atomic E-state index is 0.693. The highest BCUT2D eigenvalue weighted by molar-refractivity contribution is 4.78. The first-order valence-electron chi connectivity index (χ1n) is 7.92. The van der Waals surface area contributed by atoms with Gasteiger partial charge in [-0.3, -0.25) is 0 Å². The van der Waals surface area contributed by atoms with E-state index in [4.69, 9.17) is 0 Å². The highest BCUT2D eigenvalue weighted by atomic mass is 15.2. The van der Waals surface area contributed by atoms with Crippen LogP contribution in [0, 0.1) is 5.92 Å². The summed E-state index contributed by atoms with van der Waals surface area (Å²) >= 11 is 0. The lowest BCUT2D eigenvalue weighted by atomic mass is 10.0. The standard InChI is InChI=1S/C15H32N4/c1-17(8-4-14-5-9-18(2)12-14)10-6-15-13-19(3)11-7-16-15/h14-16H,4-13H2,1-3H3. The summed E-state index contributed by atoms with van der Waals surface area (Å²) in [6, 6.07) is 0.693. The number of likely N-dealkylation sites (tertiary alicyclic amines) is 1. The van der Waals surface area contributed by atoms with Gasteiger partial charge in [0.15, 0.2) is 0 Å². The van der Waals surface area contributed by atoms with E-state index in [1.54, 1.807) is 0 Å². The number of hydrogen-bond donors (Lipinski definition) is 1. The average Bonchev–Trinajstić information content (AvgIpc) is 2.80. The zero-order chi connectivity index (χ0) is 13.7. The Kier molecular flexibility index (Phi) is 6.07. The van der Waals surface area contributed by atoms with Gasteiger partial charge >= 0.3 is 0 Å². The molecule has 4 nitrogen and oxygen atoms in total. The molecule has 2 rings (SSSR count). The molecule has 2 atom stereocenters. The van der Waals surface area contributed by atoms with Crippen LogP contribution in [0.2, 0.25) is 0 Å². The van der Waals surface area contributed by atoms with E-state index in [1.807, 2.05) is 0 Å². The fourth-order valence-corrected chi connectivity index (χ4v) is 3.34. The van der Waals surface area contributed by atoms with Crippen LogP contribution in [0.5, 0.6) is 0 Å². The van der Waals surface area contributed by atoms with Crippen LogP contribution >= 0.6 is 0 Å². The van der Waals surface area contributed by atoms with E-state index in [9.17, 15) is 0 Å². The van der Waals surface area contributed by atoms with Crippen molar-refractivity contribution >= 4 is 0 Å². The molecule has 0 radical (unpaired) electrons. The molecule has 0 bridgehead atoms. The molecular weight excluding hydrogens is 236 g/mol. The van der Waals surface area contributed by atoms with E-state index >= 15 is 0 Å². The van der Waals surface area contributed by atoms with Crippen LogP contribution in [0.3, 0.4) is 0 Å². The number of nitrogens with zero attached hydrogens (tertiary/aromatic N) is 3. The molecule has 0 aromatic rings. The lowest BCUT2D eigenvalue weighted by molar-refractivity contribution is 0.211. The molecule has 0 aromatic carbocycles. The van der Waals surface area contributed by atoms with Gasteiger partial charge in [0.25, 0.3) is 0 Å². The van der Waals surface area contributed by atoms with Crippen molar-refractivity contribution in [3.63, 3.8) is 0 Å². The number of likely N-dealkylation sites (N-methyl/N-ethyl adjacent to an activating group) is 1. The van der Waals surface area contributed by atoms with Crippen LogP contribution in [0.15, 0.2) is 0 Å². The molecule has 112 valence electrons. The molecule has 0 aliphatic carbocycles. The Hall–Kier alpha value is -0.160. The van der Waals surface area contributed by atoms with Crippen LogP contribution in [0.1, 0.15) is 19.3 Å². The van der Waals surface area contributed by atoms with Crippen molar-refractivity contribution in [2.24, 2.45) is 5.92 Å². The predicted octanol–water partition coefficient (Wildman–Crippen LogP) is 0.554. The van der Waals surface area contributed by atoms with Gasteiger partial charge in [0, 0.05) is 32.2 Å². The first-order chi connectivity index (χ1) is 9.13. The van der Waals surface area contributed by atoms with E-state index in [1.165, 1.54) is 58.5 Å². The molecule has 2 aliphatic rings. The van der Waals surface area contributed by atoms with Crippen LogP contribution in [0.4, 0.5) is 0 Å². The monoisotopic (exact) mass is 268 g/mol. The fourth-order valence-electron chi connectivity index (χ4n) is 3.34. The molecular formula is C15H32N4. The van der Waals surface area contributed by atoms with E-state index in [0.717, 1.165) is 12.5 Å². The Balaban J connectivity index is 1.55. The first-order valence-corrected chi connectivity index (χ1v) is 7.92. The van der Waals surface area contributed by atoms with Crippen LogP contribution in [-0.2, 0) is 0 Å². The van der Waals surface area contributed by atoms with Gasteiger partial charge in [-0.05, 0) is 66.0 Å². The molecule has 0 aromatic heterocycles. The highest BCUT2D eigenvalue weighted by Crippen LogP contribution is 2.18. The number of nitrogens with one attached hydrogen (secondary N) is 1. The van der Waals surface area contributed by atoms with Gasteiger partial charge in [0.2, 0.25) is 0 Å². The summed E-state index contributed by atoms with van der Waals surface area (Å²) in [5, 5.41) is 3.63. The van der Waals surface area contributed by atoms with Crippen molar-refractivity contribution in [3.05, 3.63) is 0 Å². The lowest BCUT2D eigenvalue weighted by Crippen LogP contribution is -2.49. The second-order valence-corrected chi connectivity index (χ2v) is 6.71. The molecule has 2 unspecified atom stereocenters. The van der Waals surface area contributed by atoms with E-state index in [-0.39, 0.29) is 0 Å². The smallest absolute Gasteiger partial charge is 0.0207 e. The maximum Gasteiger partial charge on any atom is 0.0207 e. The van der Waals surface area contributed by atoms with Crippen molar-refractivity contribution in [2.45, 2.75) is 25.3 Å². The van der Waals surface area contributed by atoms with Crippen molar-refractivity contribution in [1.82, 2.24) is 20.0 Å². The van der Waals surface area contributed by atoms with Gasteiger partial charge < -0.3 is 20.0 Å². The third-order valence-electron chi connectivity index (χ3n) is 4.73. The molecule has 2 fully saturated rings. The summed E-state index contributed by atoms with van der Waals surface area (Å²) in [4.78, 5) is 7.43. The van der Waals surface area contributed by atoms with Gasteiger partial charge in [-0.2, -0.15) is 0 Å². The zero-order valence-electron chi connectivity index (χ0n) is 13.1. The Labute approximate surface area is 119 Å². The fraction of sp³-hybridized carbons (Fsp3) is 1.00. The molecule has 0 amide bonds. The molecule has 19 heavy (non-hydrogen) atoms. The van der Waals surface area contributed by atoms with Gasteiger partial charge in [0.1, 0.15) is 0 Å². The molecule has 0 saturated carbocycles. The lowest BCUT2D eigenvalue weighted by Gasteiger charge is -2.32. The maximum absolute atomic E-state index is 3.63. The molecule has 2 heterocycles. The summed E-state index contributed by atoms with van der Waals surface area (Å²) in [6.45, 7) is 8.66. The predicted molar refractivity (Wildman–Crippen MR) is 81.6 cm³/mol. The topological polar surface area (TPSA) is 21.8 Å². The van der Waals surface area contributed by atoms with Crippen molar-refractivity contribution < 1.29 is 0 Å². The van der Waals surface area contributed by atoms with Gasteiger partial charge in [0.05, 0.1) is 0 Å². The first kappa shape index (κ1) is 15.2. The summed E-state index contributed by atoms with van der Waals surface area (Å²) in [6.07, 6.45) is 4.06. The maximum atomic E-state index is 3.63. The Bertz CT molecular complexity index is 259. The average molecular weight is 268 g/mol. The zero-order valence-corrected chi connectivity index (χ0v) is 13.1. The molecule has 1 N–H and O–H groups in total. The van der Waals surface area contributed by atoms with Gasteiger partial charge in [-0.1, -0.05) is 0 Å². The van der Waals surface area contributed by atoms with Gasteiger partial charge in [-0.25, -0.2) is 0 Å². The molecule has 2 aliphatic heterocycles. The number of rotatable bonds is 6. The van der Waals surface area contributed by atoms with E-state index in [0.29, 0.717) is 6.04 Å². The van der Waals surface area contributed by atoms with Crippen molar-refractivity contribution in [1.29, 1.82) is 0 Å². The highest BCUT2D eigenvalue weighted by Gasteiger charge is 2.20. The summed E-state index contributed by atoms with van der Waals surface area (Å²) < 4.78 is 0. The second kappa shape index (κ2) is 7.58. The van der Waals surface area contributed by atoms with Crippen LogP contribution < -0.4 is 5.32 Å². The van der Waals surface area contributed by atoms with E-state index in [2.05, 4.69) is 41.2 Å². The molecule has 2 saturated heterocycles. The minimum absolute atomic E-state index is 0.693. The normalized spacial score (nSPS) is 30.3. The summed E-state index contributed by atoms with van der Waals surface area (Å²) in [5.74, 6) is 0.936. The van der Waals surface area contributed by atoms with Crippen LogP contribution in [0.25, 0.3) is 0 Å². The Morgan fingerprint density at radius 3 is 2.47 bits per heavy atom. The molecule has 0 spiro atoms. The van der Waals surface area contributed by atoms with Crippen molar-refractivity contribution in [2.75, 3.05) is 67.0 Å². The minimum Gasteiger partial charge on any atom is -0.311 e. The van der Waals surface area contributed by atoms with Crippen molar-refractivity contribution in [3.8, 4) is 0 Å². The van der Waals surface area contributed by atoms with Gasteiger partial charge in [-0.15, -0.1) is 0 Å². The quantitative estimate of drug-likeness (QED) is 0.759. The third kappa shape index (κ3) is 5.38. The molecule has 4 heteroatoms. The van der Waals surface area contributed by atoms with Crippen LogP contribution in [-0.4, -0.2) is 87.7 Å².